The maximum absolute atomic E-state index is 12.8. The van der Waals surface area contributed by atoms with Crippen LogP contribution in [0.15, 0.2) is 109 Å². The fraction of sp³-hybridized carbons (Fsp3) is 0.661. The number of hydrogen-bond acceptors (Lipinski definition) is 6. The highest BCUT2D eigenvalue weighted by atomic mass is 16.6. The van der Waals surface area contributed by atoms with E-state index in [9.17, 15) is 14.4 Å². The van der Waals surface area contributed by atoms with Crippen LogP contribution in [0.25, 0.3) is 0 Å². The van der Waals surface area contributed by atoms with Crippen LogP contribution < -0.4 is 0 Å². The molecule has 0 aromatic rings. The molecular weight excluding hydrogens is 841 g/mol. The van der Waals surface area contributed by atoms with Crippen LogP contribution in [0.3, 0.4) is 0 Å². The summed E-state index contributed by atoms with van der Waals surface area (Å²) in [5.74, 6) is -0.967. The summed E-state index contributed by atoms with van der Waals surface area (Å²) in [5, 5.41) is 0. The molecule has 6 nitrogen and oxygen atoms in total. The quantitative estimate of drug-likeness (QED) is 0.0262. The number of rotatable bonds is 49. The van der Waals surface area contributed by atoms with Crippen LogP contribution in [0.4, 0.5) is 0 Å². The summed E-state index contributed by atoms with van der Waals surface area (Å²) in [7, 11) is 0. The van der Waals surface area contributed by atoms with Crippen LogP contribution in [0.5, 0.6) is 0 Å². The smallest absolute Gasteiger partial charge is 0.306 e. The highest BCUT2D eigenvalue weighted by Crippen LogP contribution is 2.15. The predicted molar refractivity (Wildman–Crippen MR) is 293 cm³/mol. The summed E-state index contributed by atoms with van der Waals surface area (Å²) in [6.07, 6.45) is 75.2. The predicted octanol–water partition coefficient (Wildman–Crippen LogP) is 18.7. The number of hydrogen-bond donors (Lipinski definition) is 0. The molecule has 0 amide bonds. The summed E-state index contributed by atoms with van der Waals surface area (Å²) in [5.41, 5.74) is 0. The Balaban J connectivity index is 4.38. The summed E-state index contributed by atoms with van der Waals surface area (Å²) < 4.78 is 16.8. The van der Waals surface area contributed by atoms with Crippen molar-refractivity contribution in [2.24, 2.45) is 0 Å². The molecule has 0 saturated carbocycles. The van der Waals surface area contributed by atoms with E-state index in [1.165, 1.54) is 96.3 Å². The molecule has 0 N–H and O–H groups in total. The standard InChI is InChI=1S/C62H102O6/c1-4-7-10-13-16-19-22-24-26-28-29-30-31-32-33-35-36-38-40-43-46-49-52-55-61(64)67-58-59(57-66-60(63)54-51-48-45-42-21-18-15-12-9-6-3)68-62(65)56-53-50-47-44-41-39-37-34-27-25-23-20-17-14-11-8-5-2/h7-8,10-11,16-17,19-20,24-27,29-30,37,39,44,47,59H,4-6,9,12-15,18,21-23,28,31-36,38,40-43,45-46,48-58H2,1-3H3/b10-7-,11-8-,19-16-,20-17-,26-24-,27-25-,30-29-,39-37-,47-44-. The molecule has 6 heteroatoms. The minimum atomic E-state index is -0.809. The van der Waals surface area contributed by atoms with Crippen LogP contribution in [0.1, 0.15) is 245 Å². The van der Waals surface area contributed by atoms with E-state index in [-0.39, 0.29) is 37.5 Å². The Bertz CT molecular complexity index is 1410. The molecule has 0 bridgehead atoms. The van der Waals surface area contributed by atoms with Gasteiger partial charge in [-0.05, 0) is 96.3 Å². The molecule has 0 aliphatic rings. The number of esters is 3. The van der Waals surface area contributed by atoms with E-state index in [0.717, 1.165) is 103 Å². The van der Waals surface area contributed by atoms with E-state index in [2.05, 4.69) is 130 Å². The van der Waals surface area contributed by atoms with Crippen LogP contribution in [0.2, 0.25) is 0 Å². The van der Waals surface area contributed by atoms with Gasteiger partial charge in [-0.2, -0.15) is 0 Å². The molecule has 1 unspecified atom stereocenters. The fourth-order valence-corrected chi connectivity index (χ4v) is 7.41. The largest absolute Gasteiger partial charge is 0.462 e. The van der Waals surface area contributed by atoms with Gasteiger partial charge in [0.25, 0.3) is 0 Å². The maximum atomic E-state index is 12.8. The number of carbonyl (C=O) groups is 3. The first-order valence-corrected chi connectivity index (χ1v) is 27.9. The van der Waals surface area contributed by atoms with Gasteiger partial charge in [-0.1, -0.05) is 239 Å². The van der Waals surface area contributed by atoms with Crippen LogP contribution in [-0.4, -0.2) is 37.2 Å². The Kier molecular flexibility index (Phi) is 52.4. The van der Waals surface area contributed by atoms with Crippen LogP contribution in [-0.2, 0) is 28.6 Å². The molecule has 0 saturated heterocycles. The molecule has 0 aliphatic heterocycles. The van der Waals surface area contributed by atoms with Crippen LogP contribution in [0, 0.1) is 0 Å². The number of unbranched alkanes of at least 4 members (excludes halogenated alkanes) is 20. The van der Waals surface area contributed by atoms with Gasteiger partial charge in [-0.3, -0.25) is 14.4 Å². The third kappa shape index (κ3) is 53.0. The Labute approximate surface area is 419 Å². The fourth-order valence-electron chi connectivity index (χ4n) is 7.41. The highest BCUT2D eigenvalue weighted by Gasteiger charge is 2.19. The number of ether oxygens (including phenoxy) is 3. The minimum absolute atomic E-state index is 0.102. The minimum Gasteiger partial charge on any atom is -0.462 e. The van der Waals surface area contributed by atoms with Crippen molar-refractivity contribution in [3.63, 3.8) is 0 Å². The SMILES string of the molecule is CC/C=C\C/C=C\C/C=C\C/C=C\C/C=C\CCCC(=O)OC(COC(=O)CCCCCCCCCCCC)COC(=O)CCCCCCCCCCCC/C=C\C/C=C\C/C=C\C/C=C\CC. The van der Waals surface area contributed by atoms with Gasteiger partial charge in [-0.25, -0.2) is 0 Å². The average Bonchev–Trinajstić information content (AvgIpc) is 3.34. The Morgan fingerprint density at radius 2 is 0.588 bits per heavy atom. The molecule has 0 rings (SSSR count). The molecule has 1 atom stereocenters. The van der Waals surface area contributed by atoms with E-state index in [0.29, 0.717) is 19.3 Å². The molecule has 386 valence electrons. The van der Waals surface area contributed by atoms with Crippen LogP contribution >= 0.6 is 0 Å². The molecule has 68 heavy (non-hydrogen) atoms. The normalized spacial score (nSPS) is 12.9. The Hall–Kier alpha value is -3.93. The zero-order valence-electron chi connectivity index (χ0n) is 44.1. The van der Waals surface area contributed by atoms with Crippen molar-refractivity contribution in [1.82, 2.24) is 0 Å². The van der Waals surface area contributed by atoms with Crippen molar-refractivity contribution in [1.29, 1.82) is 0 Å². The summed E-state index contributed by atoms with van der Waals surface area (Å²) in [6, 6.07) is 0. The van der Waals surface area contributed by atoms with E-state index in [4.69, 9.17) is 14.2 Å². The second-order valence-corrected chi connectivity index (χ2v) is 18.1. The average molecular weight is 943 g/mol. The second kappa shape index (κ2) is 55.7. The summed E-state index contributed by atoms with van der Waals surface area (Å²) in [4.78, 5) is 38.0. The van der Waals surface area contributed by atoms with Gasteiger partial charge in [-0.15, -0.1) is 0 Å². The van der Waals surface area contributed by atoms with Crippen molar-refractivity contribution in [2.75, 3.05) is 13.2 Å². The number of allylic oxidation sites excluding steroid dienone is 18. The lowest BCUT2D eigenvalue weighted by atomic mass is 10.1. The lowest BCUT2D eigenvalue weighted by Gasteiger charge is -2.18. The Morgan fingerprint density at radius 3 is 0.941 bits per heavy atom. The van der Waals surface area contributed by atoms with Crippen molar-refractivity contribution in [3.8, 4) is 0 Å². The van der Waals surface area contributed by atoms with Gasteiger partial charge >= 0.3 is 17.9 Å². The van der Waals surface area contributed by atoms with Crippen molar-refractivity contribution < 1.29 is 28.6 Å². The Morgan fingerprint density at radius 1 is 0.309 bits per heavy atom. The van der Waals surface area contributed by atoms with Gasteiger partial charge in [0.05, 0.1) is 0 Å². The van der Waals surface area contributed by atoms with Gasteiger partial charge in [0.2, 0.25) is 0 Å². The van der Waals surface area contributed by atoms with Gasteiger partial charge in [0, 0.05) is 19.3 Å². The zero-order chi connectivity index (χ0) is 49.3. The molecule has 0 fully saturated rings. The van der Waals surface area contributed by atoms with Gasteiger partial charge in [0.1, 0.15) is 13.2 Å². The lowest BCUT2D eigenvalue weighted by Crippen LogP contribution is -2.30. The summed E-state index contributed by atoms with van der Waals surface area (Å²) >= 11 is 0. The van der Waals surface area contributed by atoms with Crippen molar-refractivity contribution in [3.05, 3.63) is 109 Å². The maximum Gasteiger partial charge on any atom is 0.306 e. The first-order chi connectivity index (χ1) is 33.5. The van der Waals surface area contributed by atoms with Gasteiger partial charge < -0.3 is 14.2 Å². The first-order valence-electron chi connectivity index (χ1n) is 27.9. The van der Waals surface area contributed by atoms with E-state index in [1.807, 2.05) is 0 Å². The highest BCUT2D eigenvalue weighted by molar-refractivity contribution is 5.71. The topological polar surface area (TPSA) is 78.9 Å². The van der Waals surface area contributed by atoms with E-state index < -0.39 is 6.10 Å². The molecule has 0 aromatic carbocycles. The molecule has 0 aliphatic carbocycles. The lowest BCUT2D eigenvalue weighted by molar-refractivity contribution is -0.167. The summed E-state index contributed by atoms with van der Waals surface area (Å²) in [6.45, 7) is 6.35. The van der Waals surface area contributed by atoms with Crippen molar-refractivity contribution >= 4 is 17.9 Å². The second-order valence-electron chi connectivity index (χ2n) is 18.1. The zero-order valence-corrected chi connectivity index (χ0v) is 44.1. The third-order valence-electron chi connectivity index (χ3n) is 11.5. The van der Waals surface area contributed by atoms with E-state index >= 15 is 0 Å². The first kappa shape index (κ1) is 64.1. The molecule has 0 radical (unpaired) electrons. The monoisotopic (exact) mass is 943 g/mol. The molecule has 0 aromatic heterocycles. The number of carbonyl (C=O) groups excluding carboxylic acids is 3. The molecule has 0 heterocycles. The molecule has 0 spiro atoms. The molecular formula is C62H102O6. The van der Waals surface area contributed by atoms with E-state index in [1.54, 1.807) is 0 Å². The van der Waals surface area contributed by atoms with Gasteiger partial charge in [0.15, 0.2) is 6.10 Å². The third-order valence-corrected chi connectivity index (χ3v) is 11.5. The van der Waals surface area contributed by atoms with Crippen molar-refractivity contribution in [2.45, 2.75) is 252 Å².